The van der Waals surface area contributed by atoms with Gasteiger partial charge in [0.1, 0.15) is 16.9 Å². The molecule has 7 heteroatoms. The highest BCUT2D eigenvalue weighted by molar-refractivity contribution is 6.41. The molecule has 0 aromatic carbocycles. The van der Waals surface area contributed by atoms with Gasteiger partial charge < -0.3 is 15.0 Å². The van der Waals surface area contributed by atoms with Crippen molar-refractivity contribution in [3.8, 4) is 0 Å². The lowest BCUT2D eigenvalue weighted by molar-refractivity contribution is -0.140. The van der Waals surface area contributed by atoms with Crippen molar-refractivity contribution >= 4 is 35.1 Å². The lowest BCUT2D eigenvalue weighted by Gasteiger charge is -2.18. The number of halogens is 2. The van der Waals surface area contributed by atoms with E-state index in [1.165, 1.54) is 10.6 Å². The van der Waals surface area contributed by atoms with E-state index in [1.54, 1.807) is 20.9 Å². The van der Waals surface area contributed by atoms with E-state index in [-0.39, 0.29) is 21.8 Å². The predicted molar refractivity (Wildman–Crippen MR) is 69.2 cm³/mol. The number of amides is 1. The molecule has 100 valence electrons. The van der Waals surface area contributed by atoms with Crippen molar-refractivity contribution in [2.24, 2.45) is 13.0 Å². The molecule has 0 saturated carbocycles. The van der Waals surface area contributed by atoms with Gasteiger partial charge in [-0.15, -0.1) is 0 Å². The first-order chi connectivity index (χ1) is 8.25. The average molecular weight is 293 g/mol. The lowest BCUT2D eigenvalue weighted by Crippen LogP contribution is -2.44. The fourth-order valence-corrected chi connectivity index (χ4v) is 1.86. The fourth-order valence-electron chi connectivity index (χ4n) is 1.49. The first-order valence-electron chi connectivity index (χ1n) is 5.30. The monoisotopic (exact) mass is 292 g/mol. The second-order valence-electron chi connectivity index (χ2n) is 4.26. The molecule has 0 aliphatic rings. The van der Waals surface area contributed by atoms with Crippen molar-refractivity contribution in [1.29, 1.82) is 0 Å². The molecule has 0 radical (unpaired) electrons. The fraction of sp³-hybridized carbons (Fsp3) is 0.455. The summed E-state index contributed by atoms with van der Waals surface area (Å²) in [6, 6.07) is 0.448. The maximum atomic E-state index is 11.9. The lowest BCUT2D eigenvalue weighted by atomic mass is 10.0. The number of carbonyl (C=O) groups excluding carboxylic acids is 1. The molecule has 18 heavy (non-hydrogen) atoms. The van der Waals surface area contributed by atoms with Gasteiger partial charge in [0, 0.05) is 7.05 Å². The van der Waals surface area contributed by atoms with Gasteiger partial charge in [0.25, 0.3) is 5.91 Å². The van der Waals surface area contributed by atoms with E-state index in [0.717, 1.165) is 0 Å². The molecule has 0 unspecified atom stereocenters. The Balaban J connectivity index is 2.94. The summed E-state index contributed by atoms with van der Waals surface area (Å²) in [6.07, 6.45) is 0. The SMILES string of the molecule is CC(C)[C@@H](NC(=O)c1cc(Cl)c(Cl)n1C)C(=O)O. The Morgan fingerprint density at radius 3 is 2.28 bits per heavy atom. The van der Waals surface area contributed by atoms with Crippen molar-refractivity contribution in [3.63, 3.8) is 0 Å². The highest BCUT2D eigenvalue weighted by atomic mass is 35.5. The van der Waals surface area contributed by atoms with Crippen LogP contribution < -0.4 is 5.32 Å². The first-order valence-corrected chi connectivity index (χ1v) is 6.05. The number of aromatic nitrogens is 1. The number of carboxylic acid groups (broad SMARTS) is 1. The number of carboxylic acids is 1. The molecule has 0 bridgehead atoms. The smallest absolute Gasteiger partial charge is 0.326 e. The number of rotatable bonds is 4. The second kappa shape index (κ2) is 5.63. The Hall–Kier alpha value is -1.20. The molecule has 1 atom stereocenters. The minimum Gasteiger partial charge on any atom is -0.480 e. The van der Waals surface area contributed by atoms with E-state index >= 15 is 0 Å². The molecule has 0 fully saturated rings. The molecule has 1 aromatic rings. The Bertz CT molecular complexity index is 483. The third-order valence-electron chi connectivity index (χ3n) is 2.57. The summed E-state index contributed by atoms with van der Waals surface area (Å²) < 4.78 is 1.40. The molecule has 1 amide bonds. The normalized spacial score (nSPS) is 12.6. The Morgan fingerprint density at radius 1 is 1.39 bits per heavy atom. The molecule has 0 aliphatic heterocycles. The van der Waals surface area contributed by atoms with Gasteiger partial charge in [-0.3, -0.25) is 4.79 Å². The van der Waals surface area contributed by atoms with Crippen LogP contribution in [0, 0.1) is 5.92 Å². The summed E-state index contributed by atoms with van der Waals surface area (Å²) in [7, 11) is 1.58. The van der Waals surface area contributed by atoms with Crippen molar-refractivity contribution in [3.05, 3.63) is 21.9 Å². The van der Waals surface area contributed by atoms with Crippen LogP contribution in [0.15, 0.2) is 6.07 Å². The minimum absolute atomic E-state index is 0.219. The molecule has 1 heterocycles. The Kier molecular flexibility index (Phi) is 4.65. The zero-order chi connectivity index (χ0) is 14.0. The van der Waals surface area contributed by atoms with E-state index in [0.29, 0.717) is 0 Å². The summed E-state index contributed by atoms with van der Waals surface area (Å²) >= 11 is 11.6. The predicted octanol–water partition coefficient (Wildman–Crippen LogP) is 2.17. The van der Waals surface area contributed by atoms with Crippen LogP contribution in [0.4, 0.5) is 0 Å². The molecule has 5 nitrogen and oxygen atoms in total. The van der Waals surface area contributed by atoms with Gasteiger partial charge in [-0.05, 0) is 12.0 Å². The van der Waals surface area contributed by atoms with E-state index in [4.69, 9.17) is 28.3 Å². The van der Waals surface area contributed by atoms with Crippen LogP contribution in [-0.2, 0) is 11.8 Å². The third-order valence-corrected chi connectivity index (χ3v) is 3.41. The number of aliphatic carboxylic acids is 1. The quantitative estimate of drug-likeness (QED) is 0.893. The summed E-state index contributed by atoms with van der Waals surface area (Å²) in [4.78, 5) is 22.9. The van der Waals surface area contributed by atoms with E-state index < -0.39 is 17.9 Å². The average Bonchev–Trinajstić information content (AvgIpc) is 2.52. The zero-order valence-electron chi connectivity index (χ0n) is 10.2. The van der Waals surface area contributed by atoms with Crippen LogP contribution in [0.5, 0.6) is 0 Å². The maximum Gasteiger partial charge on any atom is 0.326 e. The molecule has 0 aliphatic carbocycles. The molecular formula is C11H14Cl2N2O3. The summed E-state index contributed by atoms with van der Waals surface area (Å²) in [5, 5.41) is 11.9. The van der Waals surface area contributed by atoms with Crippen LogP contribution in [0.1, 0.15) is 24.3 Å². The number of carbonyl (C=O) groups is 2. The second-order valence-corrected chi connectivity index (χ2v) is 5.03. The highest BCUT2D eigenvalue weighted by Crippen LogP contribution is 2.25. The molecule has 0 spiro atoms. The van der Waals surface area contributed by atoms with Crippen LogP contribution in [0.3, 0.4) is 0 Å². The molecule has 1 rings (SSSR count). The maximum absolute atomic E-state index is 11.9. The number of hydrogen-bond donors (Lipinski definition) is 2. The van der Waals surface area contributed by atoms with Gasteiger partial charge in [-0.1, -0.05) is 37.0 Å². The van der Waals surface area contributed by atoms with Gasteiger partial charge in [0.2, 0.25) is 0 Å². The largest absolute Gasteiger partial charge is 0.480 e. The van der Waals surface area contributed by atoms with Gasteiger partial charge in [-0.25, -0.2) is 4.79 Å². The van der Waals surface area contributed by atoms with Gasteiger partial charge >= 0.3 is 5.97 Å². The minimum atomic E-state index is -1.08. The van der Waals surface area contributed by atoms with E-state index in [1.807, 2.05) is 0 Å². The summed E-state index contributed by atoms with van der Waals surface area (Å²) in [5.74, 6) is -1.82. The summed E-state index contributed by atoms with van der Waals surface area (Å²) in [5.41, 5.74) is 0.219. The molecule has 1 aromatic heterocycles. The number of nitrogens with zero attached hydrogens (tertiary/aromatic N) is 1. The molecule has 2 N–H and O–H groups in total. The number of nitrogens with one attached hydrogen (secondary N) is 1. The van der Waals surface area contributed by atoms with Crippen LogP contribution in [0.2, 0.25) is 10.2 Å². The van der Waals surface area contributed by atoms with Crippen LogP contribution >= 0.6 is 23.2 Å². The Morgan fingerprint density at radius 2 is 1.94 bits per heavy atom. The first kappa shape index (κ1) is 14.9. The zero-order valence-corrected chi connectivity index (χ0v) is 11.7. The van der Waals surface area contributed by atoms with Gasteiger partial charge in [0.15, 0.2) is 0 Å². The standard InChI is InChI=1S/C11H14Cl2N2O3/c1-5(2)8(11(17)18)14-10(16)7-4-6(12)9(13)15(7)3/h4-5,8H,1-3H3,(H,14,16)(H,17,18)/t8-/m1/s1. The van der Waals surface area contributed by atoms with E-state index in [9.17, 15) is 9.59 Å². The highest BCUT2D eigenvalue weighted by Gasteiger charge is 2.25. The molecular weight excluding hydrogens is 279 g/mol. The Labute approximate surface area is 115 Å². The topological polar surface area (TPSA) is 71.3 Å². The van der Waals surface area contributed by atoms with Crippen molar-refractivity contribution in [2.45, 2.75) is 19.9 Å². The van der Waals surface area contributed by atoms with Crippen LogP contribution in [0.25, 0.3) is 0 Å². The molecule has 0 saturated heterocycles. The van der Waals surface area contributed by atoms with Crippen molar-refractivity contribution in [2.75, 3.05) is 0 Å². The third kappa shape index (κ3) is 2.97. The van der Waals surface area contributed by atoms with Gasteiger partial charge in [0.05, 0.1) is 5.02 Å². The summed E-state index contributed by atoms with van der Waals surface area (Å²) in [6.45, 7) is 3.42. The number of hydrogen-bond acceptors (Lipinski definition) is 2. The van der Waals surface area contributed by atoms with E-state index in [2.05, 4.69) is 5.32 Å². The van der Waals surface area contributed by atoms with Crippen LogP contribution in [-0.4, -0.2) is 27.6 Å². The van der Waals surface area contributed by atoms with Crippen molar-refractivity contribution in [1.82, 2.24) is 9.88 Å². The van der Waals surface area contributed by atoms with Gasteiger partial charge in [-0.2, -0.15) is 0 Å². The van der Waals surface area contributed by atoms with Crippen molar-refractivity contribution < 1.29 is 14.7 Å².